The third kappa shape index (κ3) is 24.5. The molecule has 1 heterocycles. The highest BCUT2D eigenvalue weighted by Gasteiger charge is 2.41. The summed E-state index contributed by atoms with van der Waals surface area (Å²) in [5, 5.41) is 21.9. The molecule has 0 amide bonds. The smallest absolute Gasteiger partial charge is 0.160 e. The maximum atomic E-state index is 10.6. The molecule has 0 aromatic rings. The lowest BCUT2D eigenvalue weighted by Gasteiger charge is -2.38. The lowest BCUT2D eigenvalue weighted by atomic mass is 10.00. The summed E-state index contributed by atoms with van der Waals surface area (Å²) in [4.78, 5) is 0. The van der Waals surface area contributed by atoms with Crippen molar-refractivity contribution in [3.63, 3.8) is 0 Å². The second-order valence-corrected chi connectivity index (χ2v) is 14.5. The molecule has 1 fully saturated rings. The van der Waals surface area contributed by atoms with Crippen LogP contribution in [-0.4, -0.2) is 57.9 Å². The number of unbranched alkanes of at least 4 members (excludes halogenated alkanes) is 24. The molecule has 45 heavy (non-hydrogen) atoms. The van der Waals surface area contributed by atoms with Crippen molar-refractivity contribution in [3.8, 4) is 0 Å². The average Bonchev–Trinajstić information content (AvgIpc) is 3.03. The zero-order valence-corrected chi connectivity index (χ0v) is 31.1. The van der Waals surface area contributed by atoms with Crippen LogP contribution in [0.4, 0.5) is 0 Å². The van der Waals surface area contributed by atoms with Gasteiger partial charge < -0.3 is 24.4 Å². The number of aliphatic hydroxyl groups is 2. The van der Waals surface area contributed by atoms with Gasteiger partial charge in [0, 0.05) is 12.8 Å². The van der Waals surface area contributed by atoms with Crippen molar-refractivity contribution in [3.05, 3.63) is 0 Å². The summed E-state index contributed by atoms with van der Waals surface area (Å²) in [7, 11) is 0. The second-order valence-electron chi connectivity index (χ2n) is 13.6. The van der Waals surface area contributed by atoms with Crippen LogP contribution in [0.15, 0.2) is 0 Å². The van der Waals surface area contributed by atoms with Gasteiger partial charge in [-0.25, -0.2) is 0 Å². The molecular weight excluding hydrogens is 601 g/mol. The van der Waals surface area contributed by atoms with Crippen molar-refractivity contribution < 1.29 is 24.4 Å². The Balaban J connectivity index is 2.11. The van der Waals surface area contributed by atoms with Crippen molar-refractivity contribution in [2.45, 2.75) is 218 Å². The van der Waals surface area contributed by atoms with Gasteiger partial charge in [-0.2, -0.15) is 0 Å². The molecule has 0 unspecified atom stereocenters. The quantitative estimate of drug-likeness (QED) is 0.0561. The highest BCUT2D eigenvalue weighted by Crippen LogP contribution is 2.22. The van der Waals surface area contributed by atoms with Gasteiger partial charge in [-0.1, -0.05) is 168 Å². The summed E-state index contributed by atoms with van der Waals surface area (Å²) in [5.41, 5.74) is 0. The Morgan fingerprint density at radius 3 is 1.31 bits per heavy atom. The standard InChI is InChI=1S/C38H72O5S2/c1-3-5-7-9-11-13-15-17-19-21-23-25-27-29-35(44)42-32-34-38(37(40)33(39)31-41-34)43-36(45)30-28-26-24-22-20-18-16-14-12-10-8-6-4-2/h33-34,37-40H,3-32H2,1-2H3/t33-,34+,37+,38+/m0/s1. The molecule has 1 aliphatic heterocycles. The zero-order valence-electron chi connectivity index (χ0n) is 29.5. The maximum Gasteiger partial charge on any atom is 0.160 e. The van der Waals surface area contributed by atoms with Crippen LogP contribution < -0.4 is 0 Å². The Hall–Kier alpha value is -0.340. The SMILES string of the molecule is CCCCCCCCCCCCCCCC(=S)OC[C@H]1OC[C@H](O)[C@@H](O)[C@@H]1OC(=S)CCCCCCCCCCCCCCC. The Morgan fingerprint density at radius 2 is 0.911 bits per heavy atom. The van der Waals surface area contributed by atoms with Crippen LogP contribution >= 0.6 is 24.4 Å². The van der Waals surface area contributed by atoms with Gasteiger partial charge in [-0.05, 0) is 37.3 Å². The van der Waals surface area contributed by atoms with E-state index < -0.39 is 24.4 Å². The lowest BCUT2D eigenvalue weighted by molar-refractivity contribution is -0.189. The minimum atomic E-state index is -1.06. The normalized spacial score (nSPS) is 19.9. The third-order valence-corrected chi connectivity index (χ3v) is 9.85. The molecule has 1 aliphatic rings. The fourth-order valence-electron chi connectivity index (χ4n) is 6.18. The van der Waals surface area contributed by atoms with E-state index >= 15 is 0 Å². The third-order valence-electron chi connectivity index (χ3n) is 9.22. The average molecular weight is 673 g/mol. The van der Waals surface area contributed by atoms with Crippen LogP contribution in [0.1, 0.15) is 194 Å². The van der Waals surface area contributed by atoms with Crippen molar-refractivity contribution in [1.29, 1.82) is 0 Å². The summed E-state index contributed by atoms with van der Waals surface area (Å²) < 4.78 is 17.6. The maximum absolute atomic E-state index is 10.6. The largest absolute Gasteiger partial charge is 0.484 e. The highest BCUT2D eigenvalue weighted by molar-refractivity contribution is 7.80. The summed E-state index contributed by atoms with van der Waals surface area (Å²) in [6.45, 7) is 4.79. The molecule has 2 N–H and O–H groups in total. The summed E-state index contributed by atoms with van der Waals surface area (Å²) in [6.07, 6.45) is 32.2. The van der Waals surface area contributed by atoms with E-state index in [4.69, 9.17) is 38.6 Å². The molecule has 4 atom stereocenters. The lowest BCUT2D eigenvalue weighted by Crippen LogP contribution is -2.56. The van der Waals surface area contributed by atoms with Crippen LogP contribution in [0.5, 0.6) is 0 Å². The zero-order chi connectivity index (χ0) is 32.8. The summed E-state index contributed by atoms with van der Waals surface area (Å²) in [5.74, 6) is 0. The minimum absolute atomic E-state index is 0.0479. The first-order valence-corrected chi connectivity index (χ1v) is 20.1. The van der Waals surface area contributed by atoms with E-state index in [2.05, 4.69) is 13.8 Å². The molecule has 1 rings (SSSR count). The van der Waals surface area contributed by atoms with Gasteiger partial charge in [0.15, 0.2) is 16.2 Å². The van der Waals surface area contributed by atoms with E-state index in [1.54, 1.807) is 0 Å². The fraction of sp³-hybridized carbons (Fsp3) is 0.947. The second kappa shape index (κ2) is 31.0. The van der Waals surface area contributed by atoms with Gasteiger partial charge in [0.05, 0.1) is 6.61 Å². The van der Waals surface area contributed by atoms with Crippen molar-refractivity contribution in [1.82, 2.24) is 0 Å². The molecule has 0 radical (unpaired) electrons. The molecule has 266 valence electrons. The van der Waals surface area contributed by atoms with Gasteiger partial charge in [0.1, 0.15) is 24.9 Å². The van der Waals surface area contributed by atoms with Crippen LogP contribution in [0.3, 0.4) is 0 Å². The van der Waals surface area contributed by atoms with Crippen LogP contribution in [-0.2, 0) is 14.2 Å². The van der Waals surface area contributed by atoms with Gasteiger partial charge in [0.2, 0.25) is 0 Å². The number of ether oxygens (including phenoxy) is 3. The molecule has 0 bridgehead atoms. The number of thiocarbonyl (C=S) groups is 2. The topological polar surface area (TPSA) is 68.2 Å². The number of rotatable bonds is 31. The predicted molar refractivity (Wildman–Crippen MR) is 198 cm³/mol. The van der Waals surface area contributed by atoms with Crippen LogP contribution in [0.2, 0.25) is 0 Å². The van der Waals surface area contributed by atoms with Crippen molar-refractivity contribution >= 4 is 34.5 Å². The van der Waals surface area contributed by atoms with Gasteiger partial charge in [-0.15, -0.1) is 0 Å². The Bertz CT molecular complexity index is 691. The van der Waals surface area contributed by atoms with Gasteiger partial charge >= 0.3 is 0 Å². The molecule has 0 saturated carbocycles. The van der Waals surface area contributed by atoms with E-state index in [-0.39, 0.29) is 13.2 Å². The minimum Gasteiger partial charge on any atom is -0.484 e. The monoisotopic (exact) mass is 672 g/mol. The number of hydrogen-bond acceptors (Lipinski definition) is 7. The predicted octanol–water partition coefficient (Wildman–Crippen LogP) is 11.1. The Kier molecular flexibility index (Phi) is 29.4. The number of hydrogen-bond donors (Lipinski definition) is 2. The van der Waals surface area contributed by atoms with Crippen LogP contribution in [0, 0.1) is 0 Å². The van der Waals surface area contributed by atoms with Crippen molar-refractivity contribution in [2.75, 3.05) is 13.2 Å². The van der Waals surface area contributed by atoms with E-state index in [1.165, 1.54) is 148 Å². The Morgan fingerprint density at radius 1 is 0.556 bits per heavy atom. The van der Waals surface area contributed by atoms with Crippen molar-refractivity contribution in [2.24, 2.45) is 0 Å². The Labute approximate surface area is 289 Å². The molecule has 7 heteroatoms. The molecule has 0 aromatic carbocycles. The first-order valence-electron chi connectivity index (χ1n) is 19.3. The fourth-order valence-corrected chi connectivity index (χ4v) is 6.64. The summed E-state index contributed by atoms with van der Waals surface area (Å²) in [6, 6.07) is 0. The first kappa shape index (κ1) is 42.7. The molecule has 0 aromatic heterocycles. The van der Waals surface area contributed by atoms with Crippen LogP contribution in [0.25, 0.3) is 0 Å². The molecule has 0 aliphatic carbocycles. The van der Waals surface area contributed by atoms with Gasteiger partial charge in [0.25, 0.3) is 0 Å². The molecular formula is C38H72O5S2. The highest BCUT2D eigenvalue weighted by atomic mass is 32.1. The first-order chi connectivity index (χ1) is 22.0. The number of aliphatic hydroxyl groups excluding tert-OH is 2. The van der Waals surface area contributed by atoms with E-state index in [9.17, 15) is 10.2 Å². The molecule has 1 saturated heterocycles. The van der Waals surface area contributed by atoms with E-state index in [0.29, 0.717) is 16.5 Å². The van der Waals surface area contributed by atoms with E-state index in [1.807, 2.05) is 0 Å². The molecule has 0 spiro atoms. The molecule has 5 nitrogen and oxygen atoms in total. The van der Waals surface area contributed by atoms with E-state index in [0.717, 1.165) is 25.7 Å². The summed E-state index contributed by atoms with van der Waals surface area (Å²) >= 11 is 11.0. The van der Waals surface area contributed by atoms with Gasteiger partial charge in [-0.3, -0.25) is 0 Å².